The van der Waals surface area contributed by atoms with Crippen molar-refractivity contribution in [2.24, 2.45) is 5.73 Å². The summed E-state index contributed by atoms with van der Waals surface area (Å²) >= 11 is 6.91. The predicted molar refractivity (Wildman–Crippen MR) is 90.8 cm³/mol. The highest BCUT2D eigenvalue weighted by molar-refractivity contribution is 8.22. The number of carbonyl (C=O) groups excluding carboxylic acids is 2. The van der Waals surface area contributed by atoms with Gasteiger partial charge in [-0.1, -0.05) is 54.3 Å². The van der Waals surface area contributed by atoms with Gasteiger partial charge in [-0.25, -0.2) is 0 Å². The molecule has 1 fully saturated rings. The Morgan fingerprint density at radius 1 is 1.32 bits per heavy atom. The molecule has 1 aromatic rings. The Bertz CT molecular complexity index is 553. The molecule has 0 aromatic heterocycles. The van der Waals surface area contributed by atoms with Gasteiger partial charge in [0.2, 0.25) is 11.8 Å². The summed E-state index contributed by atoms with van der Waals surface area (Å²) in [5.41, 5.74) is 6.18. The molecule has 1 saturated heterocycles. The van der Waals surface area contributed by atoms with E-state index in [0.29, 0.717) is 19.1 Å². The lowest BCUT2D eigenvalue weighted by Gasteiger charge is -2.36. The zero-order valence-electron chi connectivity index (χ0n) is 12.0. The van der Waals surface area contributed by atoms with Crippen molar-refractivity contribution in [1.82, 2.24) is 15.1 Å². The average molecular weight is 338 g/mol. The van der Waals surface area contributed by atoms with Crippen LogP contribution in [-0.2, 0) is 16.1 Å². The standard InChI is InChI=1S/C14H18N4O2S2/c15-12(19)6-16-13(20)8-17-9-18(14(21)22-10-17)7-11-4-2-1-3-5-11/h1-5H,6-10H2,(H2,15,19)(H,16,20). The number of nitrogens with zero attached hydrogens (tertiary/aromatic N) is 2. The average Bonchev–Trinajstić information content (AvgIpc) is 2.50. The molecule has 0 bridgehead atoms. The SMILES string of the molecule is NC(=O)CNC(=O)CN1CSC(=S)N(Cc2ccccc2)C1. The van der Waals surface area contributed by atoms with Crippen molar-refractivity contribution in [3.8, 4) is 0 Å². The zero-order valence-corrected chi connectivity index (χ0v) is 13.7. The molecule has 0 radical (unpaired) electrons. The highest BCUT2D eigenvalue weighted by atomic mass is 32.2. The van der Waals surface area contributed by atoms with Crippen LogP contribution in [0.1, 0.15) is 5.56 Å². The van der Waals surface area contributed by atoms with Gasteiger partial charge in [0.15, 0.2) is 0 Å². The molecule has 2 rings (SSSR count). The van der Waals surface area contributed by atoms with Crippen molar-refractivity contribution in [3.05, 3.63) is 35.9 Å². The number of hydrogen-bond donors (Lipinski definition) is 2. The Labute approximate surface area is 139 Å². The molecule has 1 heterocycles. The molecule has 0 aliphatic carbocycles. The molecule has 1 aliphatic heterocycles. The largest absolute Gasteiger partial charge is 0.368 e. The van der Waals surface area contributed by atoms with Gasteiger partial charge in [-0.3, -0.25) is 14.5 Å². The van der Waals surface area contributed by atoms with Crippen LogP contribution in [0.2, 0.25) is 0 Å². The number of nitrogens with two attached hydrogens (primary N) is 1. The third-order valence-corrected chi connectivity index (χ3v) is 4.65. The second kappa shape index (κ2) is 8.11. The van der Waals surface area contributed by atoms with Crippen molar-refractivity contribution >= 4 is 40.1 Å². The minimum atomic E-state index is -0.548. The van der Waals surface area contributed by atoms with Gasteiger partial charge in [0, 0.05) is 6.54 Å². The molecule has 1 aromatic carbocycles. The number of amides is 2. The second-order valence-electron chi connectivity index (χ2n) is 4.94. The Hall–Kier alpha value is -1.64. The van der Waals surface area contributed by atoms with Gasteiger partial charge >= 0.3 is 0 Å². The van der Waals surface area contributed by atoms with E-state index >= 15 is 0 Å². The van der Waals surface area contributed by atoms with Gasteiger partial charge in [0.05, 0.1) is 25.6 Å². The van der Waals surface area contributed by atoms with Crippen LogP contribution in [0.15, 0.2) is 30.3 Å². The van der Waals surface area contributed by atoms with Crippen LogP contribution < -0.4 is 11.1 Å². The van der Waals surface area contributed by atoms with Crippen molar-refractivity contribution in [1.29, 1.82) is 0 Å². The normalized spacial score (nSPS) is 15.6. The second-order valence-corrected chi connectivity index (χ2v) is 6.51. The summed E-state index contributed by atoms with van der Waals surface area (Å²) in [6, 6.07) is 10.1. The number of thioether (sulfide) groups is 1. The first kappa shape index (κ1) is 16.7. The van der Waals surface area contributed by atoms with E-state index in [1.807, 2.05) is 35.2 Å². The summed E-state index contributed by atoms with van der Waals surface area (Å²) in [5, 5.41) is 2.49. The first-order valence-corrected chi connectivity index (χ1v) is 8.17. The van der Waals surface area contributed by atoms with E-state index in [1.54, 1.807) is 0 Å². The third-order valence-electron chi connectivity index (χ3n) is 3.04. The van der Waals surface area contributed by atoms with Crippen molar-refractivity contribution in [2.45, 2.75) is 6.54 Å². The molecule has 118 valence electrons. The maximum atomic E-state index is 11.7. The number of nitrogens with one attached hydrogen (secondary N) is 1. The maximum absolute atomic E-state index is 11.7. The Morgan fingerprint density at radius 2 is 2.05 bits per heavy atom. The van der Waals surface area contributed by atoms with Crippen LogP contribution in [0.25, 0.3) is 0 Å². The number of thiocarbonyl (C=S) groups is 1. The lowest BCUT2D eigenvalue weighted by Crippen LogP contribution is -2.48. The van der Waals surface area contributed by atoms with Crippen LogP contribution in [0.3, 0.4) is 0 Å². The maximum Gasteiger partial charge on any atom is 0.236 e. The van der Waals surface area contributed by atoms with Crippen LogP contribution >= 0.6 is 24.0 Å². The van der Waals surface area contributed by atoms with Gasteiger partial charge in [-0.15, -0.1) is 0 Å². The smallest absolute Gasteiger partial charge is 0.236 e. The van der Waals surface area contributed by atoms with Crippen molar-refractivity contribution in [3.63, 3.8) is 0 Å². The van der Waals surface area contributed by atoms with E-state index in [-0.39, 0.29) is 19.0 Å². The van der Waals surface area contributed by atoms with E-state index in [2.05, 4.69) is 10.2 Å². The number of benzene rings is 1. The molecule has 2 amide bonds. The fourth-order valence-corrected chi connectivity index (χ4v) is 3.09. The summed E-state index contributed by atoms with van der Waals surface area (Å²) in [6.07, 6.45) is 0. The molecule has 3 N–H and O–H groups in total. The van der Waals surface area contributed by atoms with E-state index in [1.165, 1.54) is 17.3 Å². The highest BCUT2D eigenvalue weighted by Gasteiger charge is 2.23. The van der Waals surface area contributed by atoms with Crippen LogP contribution in [0.4, 0.5) is 0 Å². The van der Waals surface area contributed by atoms with Crippen LogP contribution in [0.5, 0.6) is 0 Å². The van der Waals surface area contributed by atoms with Gasteiger partial charge in [0.25, 0.3) is 0 Å². The molecule has 8 heteroatoms. The number of carbonyl (C=O) groups is 2. The third kappa shape index (κ3) is 5.28. The number of rotatable bonds is 6. The summed E-state index contributed by atoms with van der Waals surface area (Å²) < 4.78 is 0.831. The predicted octanol–water partition coefficient (Wildman–Crippen LogP) is 0.339. The molecule has 0 atom stereocenters. The minimum Gasteiger partial charge on any atom is -0.368 e. The monoisotopic (exact) mass is 338 g/mol. The molecule has 0 spiro atoms. The molecular formula is C14H18N4O2S2. The quantitative estimate of drug-likeness (QED) is 0.728. The molecule has 6 nitrogen and oxygen atoms in total. The zero-order chi connectivity index (χ0) is 15.9. The van der Waals surface area contributed by atoms with E-state index < -0.39 is 5.91 Å². The van der Waals surface area contributed by atoms with Crippen LogP contribution in [0, 0.1) is 0 Å². The van der Waals surface area contributed by atoms with Crippen molar-refractivity contribution in [2.75, 3.05) is 25.6 Å². The van der Waals surface area contributed by atoms with E-state index in [0.717, 1.165) is 4.32 Å². The molecule has 22 heavy (non-hydrogen) atoms. The van der Waals surface area contributed by atoms with Gasteiger partial charge in [-0.2, -0.15) is 0 Å². The van der Waals surface area contributed by atoms with Gasteiger partial charge in [-0.05, 0) is 5.56 Å². The topological polar surface area (TPSA) is 78.7 Å². The first-order valence-electron chi connectivity index (χ1n) is 6.77. The Kier molecular flexibility index (Phi) is 6.17. The number of primary amides is 1. The first-order chi connectivity index (χ1) is 10.5. The van der Waals surface area contributed by atoms with Crippen LogP contribution in [-0.4, -0.2) is 51.6 Å². The number of hydrogen-bond acceptors (Lipinski definition) is 5. The summed E-state index contributed by atoms with van der Waals surface area (Å²) in [5.74, 6) is -0.103. The molecule has 1 aliphatic rings. The van der Waals surface area contributed by atoms with E-state index in [9.17, 15) is 9.59 Å². The summed E-state index contributed by atoms with van der Waals surface area (Å²) in [4.78, 5) is 26.4. The molecule has 0 saturated carbocycles. The lowest BCUT2D eigenvalue weighted by atomic mass is 10.2. The molecular weight excluding hydrogens is 320 g/mol. The summed E-state index contributed by atoms with van der Waals surface area (Å²) in [7, 11) is 0. The fourth-order valence-electron chi connectivity index (χ4n) is 2.04. The summed E-state index contributed by atoms with van der Waals surface area (Å²) in [6.45, 7) is 1.39. The lowest BCUT2D eigenvalue weighted by molar-refractivity contribution is -0.125. The Morgan fingerprint density at radius 3 is 2.73 bits per heavy atom. The van der Waals surface area contributed by atoms with E-state index in [4.69, 9.17) is 18.0 Å². The highest BCUT2D eigenvalue weighted by Crippen LogP contribution is 2.20. The molecule has 0 unspecified atom stereocenters. The minimum absolute atomic E-state index is 0.133. The fraction of sp³-hybridized carbons (Fsp3) is 0.357. The van der Waals surface area contributed by atoms with Gasteiger partial charge < -0.3 is 16.0 Å². The van der Waals surface area contributed by atoms with Crippen molar-refractivity contribution < 1.29 is 9.59 Å². The van der Waals surface area contributed by atoms with Gasteiger partial charge in [0.1, 0.15) is 4.32 Å². The Balaban J connectivity index is 1.86.